The van der Waals surface area contributed by atoms with Crippen LogP contribution in [-0.2, 0) is 11.3 Å². The van der Waals surface area contributed by atoms with Crippen molar-refractivity contribution in [2.75, 3.05) is 0 Å². The van der Waals surface area contributed by atoms with Gasteiger partial charge in [-0.3, -0.25) is 5.10 Å². The summed E-state index contributed by atoms with van der Waals surface area (Å²) in [5.41, 5.74) is 2.18. The molecule has 2 aromatic carbocycles. The lowest BCUT2D eigenvalue weighted by atomic mass is 10.2. The Morgan fingerprint density at radius 2 is 1.86 bits per heavy atom. The van der Waals surface area contributed by atoms with Crippen LogP contribution in [0.1, 0.15) is 16.1 Å². The van der Waals surface area contributed by atoms with Gasteiger partial charge in [-0.1, -0.05) is 36.4 Å². The maximum atomic E-state index is 12.2. The van der Waals surface area contributed by atoms with E-state index in [2.05, 4.69) is 16.3 Å². The van der Waals surface area contributed by atoms with Crippen LogP contribution in [-0.4, -0.2) is 16.2 Å². The van der Waals surface area contributed by atoms with Crippen molar-refractivity contribution in [2.45, 2.75) is 6.61 Å². The number of carbonyl (C=O) groups is 1. The van der Waals surface area contributed by atoms with Crippen LogP contribution in [0.25, 0.3) is 21.0 Å². The van der Waals surface area contributed by atoms with Gasteiger partial charge in [-0.05, 0) is 22.9 Å². The molecule has 5 heteroatoms. The predicted molar refractivity (Wildman–Crippen MR) is 87.0 cm³/mol. The smallest absolute Gasteiger partial charge is 0.359 e. The van der Waals surface area contributed by atoms with Gasteiger partial charge in [0.05, 0.1) is 5.52 Å². The summed E-state index contributed by atoms with van der Waals surface area (Å²) < 4.78 is 6.63. The predicted octanol–water partition coefficient (Wildman–Crippen LogP) is 4.13. The Bertz CT molecular complexity index is 971. The van der Waals surface area contributed by atoms with Crippen LogP contribution in [0.15, 0.2) is 53.9 Å². The largest absolute Gasteiger partial charge is 0.456 e. The number of fused-ring (bicyclic) bond motifs is 2. The van der Waals surface area contributed by atoms with Crippen molar-refractivity contribution >= 4 is 38.3 Å². The quantitative estimate of drug-likeness (QED) is 0.579. The molecule has 2 aromatic heterocycles. The SMILES string of the molecule is O=C(OCc1csc2ccccc12)c1n[nH]c2ccccc12. The normalized spacial score (nSPS) is 11.1. The van der Waals surface area contributed by atoms with E-state index in [0.717, 1.165) is 21.9 Å². The molecule has 0 saturated heterocycles. The van der Waals surface area contributed by atoms with E-state index in [4.69, 9.17) is 4.74 Å². The van der Waals surface area contributed by atoms with E-state index in [-0.39, 0.29) is 6.61 Å². The molecule has 0 unspecified atom stereocenters. The van der Waals surface area contributed by atoms with Gasteiger partial charge in [0, 0.05) is 15.6 Å². The van der Waals surface area contributed by atoms with Gasteiger partial charge >= 0.3 is 5.97 Å². The van der Waals surface area contributed by atoms with Crippen LogP contribution in [0.2, 0.25) is 0 Å². The average Bonchev–Trinajstić information content (AvgIpc) is 3.17. The summed E-state index contributed by atoms with van der Waals surface area (Å²) in [5.74, 6) is -0.410. The van der Waals surface area contributed by atoms with Crippen LogP contribution in [0, 0.1) is 0 Å². The summed E-state index contributed by atoms with van der Waals surface area (Å²) in [5, 5.41) is 10.8. The second-order valence-electron chi connectivity index (χ2n) is 4.95. The minimum Gasteiger partial charge on any atom is -0.456 e. The van der Waals surface area contributed by atoms with Crippen molar-refractivity contribution in [1.82, 2.24) is 10.2 Å². The second kappa shape index (κ2) is 5.27. The third-order valence-corrected chi connectivity index (χ3v) is 4.60. The van der Waals surface area contributed by atoms with Gasteiger partial charge in [-0.2, -0.15) is 5.10 Å². The van der Waals surface area contributed by atoms with E-state index in [1.165, 1.54) is 4.70 Å². The number of nitrogens with one attached hydrogen (secondary N) is 1. The lowest BCUT2D eigenvalue weighted by molar-refractivity contribution is 0.0470. The van der Waals surface area contributed by atoms with E-state index >= 15 is 0 Å². The first-order chi connectivity index (χ1) is 10.8. The minimum absolute atomic E-state index is 0.254. The molecular formula is C17H12N2O2S. The zero-order chi connectivity index (χ0) is 14.9. The number of aromatic amines is 1. The number of esters is 1. The summed E-state index contributed by atoms with van der Waals surface area (Å²) >= 11 is 1.65. The fourth-order valence-corrected chi connectivity index (χ4v) is 3.42. The number of carbonyl (C=O) groups excluding carboxylic acids is 1. The van der Waals surface area contributed by atoms with E-state index in [0.29, 0.717) is 5.69 Å². The summed E-state index contributed by atoms with van der Waals surface area (Å²) in [6.07, 6.45) is 0. The zero-order valence-electron chi connectivity index (χ0n) is 11.6. The third-order valence-electron chi connectivity index (χ3n) is 3.58. The number of nitrogens with zero attached hydrogens (tertiary/aromatic N) is 1. The van der Waals surface area contributed by atoms with Gasteiger partial charge in [-0.25, -0.2) is 4.79 Å². The van der Waals surface area contributed by atoms with Gasteiger partial charge in [0.1, 0.15) is 6.61 Å². The number of para-hydroxylation sites is 1. The lowest BCUT2D eigenvalue weighted by Crippen LogP contribution is -2.06. The monoisotopic (exact) mass is 308 g/mol. The summed E-state index contributed by atoms with van der Waals surface area (Å²) in [4.78, 5) is 12.2. The number of hydrogen-bond acceptors (Lipinski definition) is 4. The number of aromatic nitrogens is 2. The van der Waals surface area contributed by atoms with E-state index in [1.807, 2.05) is 47.8 Å². The van der Waals surface area contributed by atoms with Crippen molar-refractivity contribution in [2.24, 2.45) is 0 Å². The molecule has 0 amide bonds. The first kappa shape index (κ1) is 13.0. The highest BCUT2D eigenvalue weighted by Crippen LogP contribution is 2.26. The molecule has 0 bridgehead atoms. The van der Waals surface area contributed by atoms with Crippen LogP contribution in [0.5, 0.6) is 0 Å². The molecule has 0 spiro atoms. The molecule has 4 nitrogen and oxygen atoms in total. The highest BCUT2D eigenvalue weighted by molar-refractivity contribution is 7.17. The van der Waals surface area contributed by atoms with Crippen molar-refractivity contribution in [1.29, 1.82) is 0 Å². The van der Waals surface area contributed by atoms with Crippen molar-refractivity contribution in [3.63, 3.8) is 0 Å². The number of ether oxygens (including phenoxy) is 1. The molecule has 22 heavy (non-hydrogen) atoms. The minimum atomic E-state index is -0.410. The molecular weight excluding hydrogens is 296 g/mol. The van der Waals surface area contributed by atoms with Crippen LogP contribution < -0.4 is 0 Å². The summed E-state index contributed by atoms with van der Waals surface area (Å²) in [7, 11) is 0. The molecule has 0 radical (unpaired) electrons. The Morgan fingerprint density at radius 1 is 1.09 bits per heavy atom. The van der Waals surface area contributed by atoms with Crippen LogP contribution in [0.3, 0.4) is 0 Å². The van der Waals surface area contributed by atoms with Crippen molar-refractivity contribution < 1.29 is 9.53 Å². The summed E-state index contributed by atoms with van der Waals surface area (Å²) in [6.45, 7) is 0.254. The first-order valence-electron chi connectivity index (χ1n) is 6.88. The number of benzene rings is 2. The molecule has 0 saturated carbocycles. The molecule has 4 aromatic rings. The number of H-pyrrole nitrogens is 1. The van der Waals surface area contributed by atoms with Gasteiger partial charge in [0.2, 0.25) is 0 Å². The molecule has 0 fully saturated rings. The topological polar surface area (TPSA) is 55.0 Å². The van der Waals surface area contributed by atoms with Crippen LogP contribution >= 0.6 is 11.3 Å². The molecule has 108 valence electrons. The van der Waals surface area contributed by atoms with Crippen molar-refractivity contribution in [3.05, 3.63) is 65.2 Å². The lowest BCUT2D eigenvalue weighted by Gasteiger charge is -2.02. The summed E-state index contributed by atoms with van der Waals surface area (Å²) in [6, 6.07) is 15.6. The van der Waals surface area contributed by atoms with Crippen LogP contribution in [0.4, 0.5) is 0 Å². The third kappa shape index (κ3) is 2.16. The Morgan fingerprint density at radius 3 is 2.77 bits per heavy atom. The molecule has 2 heterocycles. The number of thiophene rings is 1. The first-order valence-corrected chi connectivity index (χ1v) is 7.76. The molecule has 0 atom stereocenters. The van der Waals surface area contributed by atoms with Crippen molar-refractivity contribution in [3.8, 4) is 0 Å². The van der Waals surface area contributed by atoms with E-state index < -0.39 is 5.97 Å². The molecule has 0 aliphatic heterocycles. The Labute approximate surface area is 130 Å². The molecule has 0 aliphatic rings. The molecule has 1 N–H and O–H groups in total. The number of rotatable bonds is 3. The molecule has 0 aliphatic carbocycles. The maximum absolute atomic E-state index is 12.2. The zero-order valence-corrected chi connectivity index (χ0v) is 12.4. The fourth-order valence-electron chi connectivity index (χ4n) is 2.48. The van der Waals surface area contributed by atoms with Gasteiger partial charge in [-0.15, -0.1) is 11.3 Å². The maximum Gasteiger partial charge on any atom is 0.359 e. The average molecular weight is 308 g/mol. The highest BCUT2D eigenvalue weighted by Gasteiger charge is 2.16. The standard InChI is InChI=1S/C17H12N2O2S/c20-17(16-13-6-1-3-7-14(13)18-19-16)21-9-11-10-22-15-8-4-2-5-12(11)15/h1-8,10H,9H2,(H,18,19). The van der Waals surface area contributed by atoms with Gasteiger partial charge < -0.3 is 4.74 Å². The van der Waals surface area contributed by atoms with Gasteiger partial charge in [0.15, 0.2) is 5.69 Å². The Kier molecular flexibility index (Phi) is 3.12. The highest BCUT2D eigenvalue weighted by atomic mass is 32.1. The van der Waals surface area contributed by atoms with Gasteiger partial charge in [0.25, 0.3) is 0 Å². The second-order valence-corrected chi connectivity index (χ2v) is 5.86. The number of hydrogen-bond donors (Lipinski definition) is 1. The van der Waals surface area contributed by atoms with E-state index in [1.54, 1.807) is 11.3 Å². The molecule has 4 rings (SSSR count). The Hall–Kier alpha value is -2.66. The van der Waals surface area contributed by atoms with E-state index in [9.17, 15) is 4.79 Å². The fraction of sp³-hybridized carbons (Fsp3) is 0.0588. The Balaban J connectivity index is 1.57.